The minimum Gasteiger partial charge on any atom is -0.497 e. The second kappa shape index (κ2) is 6.43. The first kappa shape index (κ1) is 14.4. The summed E-state index contributed by atoms with van der Waals surface area (Å²) in [7, 11) is 3.26. The average Bonchev–Trinajstić information content (AvgIpc) is 2.86. The van der Waals surface area contributed by atoms with Crippen LogP contribution in [0.3, 0.4) is 0 Å². The molecule has 0 saturated heterocycles. The summed E-state index contributed by atoms with van der Waals surface area (Å²) in [4.78, 5) is 12.7. The molecule has 1 aromatic carbocycles. The van der Waals surface area contributed by atoms with Gasteiger partial charge in [0.15, 0.2) is 0 Å². The van der Waals surface area contributed by atoms with Crippen LogP contribution in [0.25, 0.3) is 0 Å². The van der Waals surface area contributed by atoms with Crippen molar-refractivity contribution in [1.29, 1.82) is 0 Å². The van der Waals surface area contributed by atoms with Crippen LogP contribution in [-0.2, 0) is 12.8 Å². The number of hydrogen-bond donors (Lipinski definition) is 2. The van der Waals surface area contributed by atoms with Gasteiger partial charge in [0.2, 0.25) is 0 Å². The third-order valence-corrected chi connectivity index (χ3v) is 4.13. The number of ether oxygens (including phenoxy) is 1. The van der Waals surface area contributed by atoms with Gasteiger partial charge in [-0.2, -0.15) is 0 Å². The van der Waals surface area contributed by atoms with E-state index < -0.39 is 0 Å². The van der Waals surface area contributed by atoms with E-state index in [1.807, 2.05) is 18.2 Å². The lowest BCUT2D eigenvalue weighted by atomic mass is 10.1. The highest BCUT2D eigenvalue weighted by Gasteiger charge is 2.12. The van der Waals surface area contributed by atoms with Crippen molar-refractivity contribution in [3.63, 3.8) is 0 Å². The fraction of sp³-hybridized carbons (Fsp3) is 0.267. The molecule has 0 spiro atoms. The Labute approximate surface area is 122 Å². The van der Waals surface area contributed by atoms with E-state index >= 15 is 0 Å². The maximum atomic E-state index is 11.6. The summed E-state index contributed by atoms with van der Waals surface area (Å²) in [6.45, 7) is 0. The molecule has 2 aromatic rings. The fourth-order valence-corrected chi connectivity index (χ4v) is 2.88. The van der Waals surface area contributed by atoms with Gasteiger partial charge in [-0.1, -0.05) is 12.1 Å². The molecule has 20 heavy (non-hydrogen) atoms. The van der Waals surface area contributed by atoms with Gasteiger partial charge in [-0.15, -0.1) is 11.3 Å². The van der Waals surface area contributed by atoms with Gasteiger partial charge in [-0.25, -0.2) is 0 Å². The second-order valence-corrected chi connectivity index (χ2v) is 5.59. The maximum absolute atomic E-state index is 11.6. The van der Waals surface area contributed by atoms with Crippen LogP contribution < -0.4 is 15.8 Å². The summed E-state index contributed by atoms with van der Waals surface area (Å²) in [5.41, 5.74) is 7.67. The number of methoxy groups -OCH3 is 1. The molecule has 1 heterocycles. The third-order valence-electron chi connectivity index (χ3n) is 3.10. The van der Waals surface area contributed by atoms with Crippen LogP contribution in [0, 0.1) is 0 Å². The summed E-state index contributed by atoms with van der Waals surface area (Å²) in [5.74, 6) is 0.727. The van der Waals surface area contributed by atoms with Gasteiger partial charge >= 0.3 is 0 Å². The summed E-state index contributed by atoms with van der Waals surface area (Å²) in [5, 5.41) is 3.17. The van der Waals surface area contributed by atoms with Crippen LogP contribution in [0.2, 0.25) is 0 Å². The highest BCUT2D eigenvalue weighted by atomic mass is 32.1. The largest absolute Gasteiger partial charge is 0.497 e. The van der Waals surface area contributed by atoms with Crippen molar-refractivity contribution in [2.45, 2.75) is 12.8 Å². The van der Waals surface area contributed by atoms with Crippen LogP contribution in [0.5, 0.6) is 5.75 Å². The molecule has 0 unspecified atom stereocenters. The molecule has 4 nitrogen and oxygen atoms in total. The molecule has 1 aromatic heterocycles. The zero-order valence-electron chi connectivity index (χ0n) is 11.6. The van der Waals surface area contributed by atoms with Crippen molar-refractivity contribution >= 4 is 22.2 Å². The maximum Gasteiger partial charge on any atom is 0.254 e. The van der Waals surface area contributed by atoms with Crippen LogP contribution in [0.1, 0.15) is 20.8 Å². The van der Waals surface area contributed by atoms with E-state index in [9.17, 15) is 4.79 Å². The summed E-state index contributed by atoms with van der Waals surface area (Å²) in [6, 6.07) is 9.88. The van der Waals surface area contributed by atoms with Crippen molar-refractivity contribution in [2.24, 2.45) is 0 Å². The van der Waals surface area contributed by atoms with Crippen molar-refractivity contribution in [3.8, 4) is 5.75 Å². The lowest BCUT2D eigenvalue weighted by Gasteiger charge is -2.02. The lowest BCUT2D eigenvalue weighted by molar-refractivity contribution is 0.0964. The number of nitrogen functional groups attached to an aromatic ring is 1. The molecule has 0 fully saturated rings. The van der Waals surface area contributed by atoms with E-state index in [2.05, 4.69) is 17.4 Å². The predicted molar refractivity (Wildman–Crippen MR) is 82.5 cm³/mol. The quantitative estimate of drug-likeness (QED) is 0.889. The smallest absolute Gasteiger partial charge is 0.254 e. The summed E-state index contributed by atoms with van der Waals surface area (Å²) >= 11 is 1.48. The zero-order valence-corrected chi connectivity index (χ0v) is 12.4. The van der Waals surface area contributed by atoms with E-state index in [0.717, 1.165) is 23.5 Å². The van der Waals surface area contributed by atoms with E-state index in [4.69, 9.17) is 10.5 Å². The molecular formula is C15H18N2O2S. The first-order chi connectivity index (χ1) is 9.63. The number of aryl methyl sites for hydroxylation is 2. The van der Waals surface area contributed by atoms with Crippen LogP contribution in [-0.4, -0.2) is 20.1 Å². The Morgan fingerprint density at radius 2 is 2.00 bits per heavy atom. The third kappa shape index (κ3) is 3.30. The predicted octanol–water partition coefficient (Wildman–Crippen LogP) is 2.48. The SMILES string of the molecule is CNC(=O)c1cc(CCc2ccc(OC)cc2)sc1N. The molecular weight excluding hydrogens is 272 g/mol. The molecule has 2 rings (SSSR count). The van der Waals surface area contributed by atoms with Crippen LogP contribution in [0.4, 0.5) is 5.00 Å². The molecule has 0 aliphatic heterocycles. The van der Waals surface area contributed by atoms with Gasteiger partial charge in [0.25, 0.3) is 5.91 Å². The summed E-state index contributed by atoms with van der Waals surface area (Å²) in [6.07, 6.45) is 1.79. The van der Waals surface area contributed by atoms with Gasteiger partial charge in [0.1, 0.15) is 5.75 Å². The number of hydrogen-bond acceptors (Lipinski definition) is 4. The minimum atomic E-state index is -0.130. The van der Waals surface area contributed by atoms with E-state index in [1.165, 1.54) is 16.9 Å². The molecule has 0 atom stereocenters. The number of amides is 1. The Hall–Kier alpha value is -2.01. The van der Waals surface area contributed by atoms with Gasteiger partial charge in [0.05, 0.1) is 17.7 Å². The number of nitrogens with two attached hydrogens (primary N) is 1. The molecule has 3 N–H and O–H groups in total. The Bertz CT molecular complexity index is 590. The Morgan fingerprint density at radius 1 is 1.30 bits per heavy atom. The highest BCUT2D eigenvalue weighted by Crippen LogP contribution is 2.26. The molecule has 0 aliphatic carbocycles. The fourth-order valence-electron chi connectivity index (χ4n) is 1.95. The van der Waals surface area contributed by atoms with Crippen molar-refractivity contribution in [1.82, 2.24) is 5.32 Å². The normalized spacial score (nSPS) is 10.3. The molecule has 0 aliphatic rings. The van der Waals surface area contributed by atoms with E-state index in [0.29, 0.717) is 10.6 Å². The van der Waals surface area contributed by atoms with Gasteiger partial charge in [-0.05, 0) is 36.6 Å². The Morgan fingerprint density at radius 3 is 2.60 bits per heavy atom. The van der Waals surface area contributed by atoms with Gasteiger partial charge in [0, 0.05) is 11.9 Å². The number of rotatable bonds is 5. The molecule has 0 bridgehead atoms. The molecule has 5 heteroatoms. The molecule has 0 saturated carbocycles. The number of benzene rings is 1. The number of carbonyl (C=O) groups is 1. The van der Waals surface area contributed by atoms with Gasteiger partial charge < -0.3 is 15.8 Å². The zero-order chi connectivity index (χ0) is 14.5. The minimum absolute atomic E-state index is 0.130. The summed E-state index contributed by atoms with van der Waals surface area (Å²) < 4.78 is 5.13. The number of thiophene rings is 1. The van der Waals surface area contributed by atoms with Crippen molar-refractivity contribution in [3.05, 3.63) is 46.3 Å². The standard InChI is InChI=1S/C15H18N2O2S/c1-17-15(18)13-9-12(20-14(13)16)8-5-10-3-6-11(19-2)7-4-10/h3-4,6-7,9H,5,8,16H2,1-2H3,(H,17,18). The monoisotopic (exact) mass is 290 g/mol. The van der Waals surface area contributed by atoms with Crippen LogP contribution in [0.15, 0.2) is 30.3 Å². The van der Waals surface area contributed by atoms with Gasteiger partial charge in [-0.3, -0.25) is 4.79 Å². The average molecular weight is 290 g/mol. The van der Waals surface area contributed by atoms with Crippen LogP contribution >= 0.6 is 11.3 Å². The van der Waals surface area contributed by atoms with E-state index in [1.54, 1.807) is 14.2 Å². The van der Waals surface area contributed by atoms with Crippen molar-refractivity contribution < 1.29 is 9.53 Å². The number of anilines is 1. The Balaban J connectivity index is 2.01. The molecule has 1 amide bonds. The Kier molecular flexibility index (Phi) is 4.63. The second-order valence-electron chi connectivity index (χ2n) is 4.42. The number of nitrogens with one attached hydrogen (secondary N) is 1. The molecule has 0 radical (unpaired) electrons. The first-order valence-electron chi connectivity index (χ1n) is 6.37. The van der Waals surface area contributed by atoms with E-state index in [-0.39, 0.29) is 5.91 Å². The lowest BCUT2D eigenvalue weighted by Crippen LogP contribution is -2.18. The molecule has 106 valence electrons. The topological polar surface area (TPSA) is 64.3 Å². The highest BCUT2D eigenvalue weighted by molar-refractivity contribution is 7.16. The van der Waals surface area contributed by atoms with Crippen molar-refractivity contribution in [2.75, 3.05) is 19.9 Å². The first-order valence-corrected chi connectivity index (χ1v) is 7.19. The number of carbonyl (C=O) groups excluding carboxylic acids is 1.